The van der Waals surface area contributed by atoms with Crippen LogP contribution in [-0.4, -0.2) is 14.2 Å². The number of nitrogens with one attached hydrogen (secondary N) is 1. The van der Waals surface area contributed by atoms with E-state index in [0.29, 0.717) is 28.6 Å². The van der Waals surface area contributed by atoms with Crippen molar-refractivity contribution in [1.29, 1.82) is 0 Å². The molecule has 1 N–H and O–H groups in total. The number of methoxy groups -OCH3 is 2. The summed E-state index contributed by atoms with van der Waals surface area (Å²) in [7, 11) is 3.22. The molecule has 3 aromatic carbocycles. The number of anilines is 1. The van der Waals surface area contributed by atoms with Gasteiger partial charge in [-0.05, 0) is 48.5 Å². The van der Waals surface area contributed by atoms with Crippen molar-refractivity contribution in [2.45, 2.75) is 13.2 Å². The second-order valence-electron chi connectivity index (χ2n) is 6.16. The molecule has 0 saturated heterocycles. The van der Waals surface area contributed by atoms with Crippen LogP contribution in [0.15, 0.2) is 59.1 Å². The summed E-state index contributed by atoms with van der Waals surface area (Å²) in [5, 5.41) is 3.68. The third kappa shape index (κ3) is 5.34. The van der Waals surface area contributed by atoms with Gasteiger partial charge >= 0.3 is 0 Å². The lowest BCUT2D eigenvalue weighted by Gasteiger charge is -2.18. The quantitative estimate of drug-likeness (QED) is 0.402. The zero-order valence-corrected chi connectivity index (χ0v) is 18.3. The summed E-state index contributed by atoms with van der Waals surface area (Å²) in [6.07, 6.45) is 0. The molecule has 152 valence electrons. The Labute approximate surface area is 182 Å². The first-order chi connectivity index (χ1) is 14.0. The fourth-order valence-electron chi connectivity index (χ4n) is 2.75. The molecule has 0 aliphatic carbocycles. The first kappa shape index (κ1) is 21.3. The van der Waals surface area contributed by atoms with Gasteiger partial charge in [0.1, 0.15) is 18.2 Å². The molecule has 0 amide bonds. The van der Waals surface area contributed by atoms with Gasteiger partial charge in [-0.1, -0.05) is 33.6 Å². The third-order valence-corrected chi connectivity index (χ3v) is 5.43. The average molecular weight is 481 g/mol. The minimum absolute atomic E-state index is 0.182. The third-order valence-electron chi connectivity index (χ3n) is 4.33. The van der Waals surface area contributed by atoms with E-state index in [1.165, 1.54) is 12.1 Å². The van der Waals surface area contributed by atoms with Crippen molar-refractivity contribution in [3.05, 3.63) is 81.0 Å². The highest BCUT2D eigenvalue weighted by Gasteiger charge is 2.16. The molecule has 0 atom stereocenters. The maximum atomic E-state index is 13.3. The van der Waals surface area contributed by atoms with Gasteiger partial charge in [-0.2, -0.15) is 0 Å². The van der Waals surface area contributed by atoms with Crippen LogP contribution in [0.4, 0.5) is 10.1 Å². The minimum atomic E-state index is -0.386. The molecule has 3 rings (SSSR count). The predicted octanol–water partition coefficient (Wildman–Crippen LogP) is 6.45. The molecule has 0 saturated carbocycles. The summed E-state index contributed by atoms with van der Waals surface area (Å²) in [5.41, 5.74) is 2.51. The Morgan fingerprint density at radius 1 is 1.00 bits per heavy atom. The first-order valence-corrected chi connectivity index (χ1v) is 9.99. The van der Waals surface area contributed by atoms with E-state index in [9.17, 15) is 4.39 Å². The smallest absolute Gasteiger partial charge is 0.167 e. The van der Waals surface area contributed by atoms with Gasteiger partial charge in [-0.3, -0.25) is 0 Å². The van der Waals surface area contributed by atoms with Gasteiger partial charge in [0.2, 0.25) is 0 Å². The molecule has 0 aromatic heterocycles. The van der Waals surface area contributed by atoms with Gasteiger partial charge in [0, 0.05) is 27.8 Å². The summed E-state index contributed by atoms with van der Waals surface area (Å²) >= 11 is 9.71. The van der Waals surface area contributed by atoms with E-state index in [-0.39, 0.29) is 12.4 Å². The Morgan fingerprint density at radius 2 is 1.76 bits per heavy atom. The Morgan fingerprint density at radius 3 is 2.41 bits per heavy atom. The van der Waals surface area contributed by atoms with E-state index in [0.717, 1.165) is 21.5 Å². The average Bonchev–Trinajstić information content (AvgIpc) is 2.73. The lowest BCUT2D eigenvalue weighted by molar-refractivity contribution is 0.281. The molecule has 0 aliphatic heterocycles. The van der Waals surface area contributed by atoms with Crippen LogP contribution in [-0.2, 0) is 13.2 Å². The second kappa shape index (κ2) is 9.85. The summed E-state index contributed by atoms with van der Waals surface area (Å²) in [6.45, 7) is 0.679. The van der Waals surface area contributed by atoms with Crippen LogP contribution in [0, 0.1) is 5.82 Å². The number of halogens is 3. The SMILES string of the molecule is COc1ccc(NCc2c(Br)ccc(OC)c2OCc2ccc(F)cc2Cl)cc1. The van der Waals surface area contributed by atoms with E-state index >= 15 is 0 Å². The Hall–Kier alpha value is -2.44. The Kier molecular flexibility index (Phi) is 7.23. The maximum Gasteiger partial charge on any atom is 0.167 e. The zero-order chi connectivity index (χ0) is 20.8. The fraction of sp³-hybridized carbons (Fsp3) is 0.182. The Balaban J connectivity index is 1.82. The highest BCUT2D eigenvalue weighted by atomic mass is 79.9. The molecular weight excluding hydrogens is 461 g/mol. The predicted molar refractivity (Wildman–Crippen MR) is 117 cm³/mol. The number of rotatable bonds is 8. The van der Waals surface area contributed by atoms with Crippen molar-refractivity contribution >= 4 is 33.2 Å². The normalized spacial score (nSPS) is 10.5. The van der Waals surface area contributed by atoms with Crippen LogP contribution in [0.5, 0.6) is 17.2 Å². The molecule has 0 aliphatic rings. The lowest BCUT2D eigenvalue weighted by Crippen LogP contribution is -2.06. The molecule has 29 heavy (non-hydrogen) atoms. The van der Waals surface area contributed by atoms with Crippen molar-refractivity contribution < 1.29 is 18.6 Å². The van der Waals surface area contributed by atoms with Crippen LogP contribution in [0.3, 0.4) is 0 Å². The zero-order valence-electron chi connectivity index (χ0n) is 16.0. The number of ether oxygens (including phenoxy) is 3. The molecule has 0 spiro atoms. The maximum absolute atomic E-state index is 13.3. The number of hydrogen-bond acceptors (Lipinski definition) is 4. The summed E-state index contributed by atoms with van der Waals surface area (Å²) in [6, 6.07) is 15.6. The second-order valence-corrected chi connectivity index (χ2v) is 7.43. The molecule has 0 fully saturated rings. The number of hydrogen-bond donors (Lipinski definition) is 1. The fourth-order valence-corrected chi connectivity index (χ4v) is 3.43. The van der Waals surface area contributed by atoms with Crippen LogP contribution in [0.2, 0.25) is 5.02 Å². The highest BCUT2D eigenvalue weighted by molar-refractivity contribution is 9.10. The molecular formula is C22H20BrClFNO3. The lowest BCUT2D eigenvalue weighted by atomic mass is 10.1. The van der Waals surface area contributed by atoms with Crippen molar-refractivity contribution in [1.82, 2.24) is 0 Å². The van der Waals surface area contributed by atoms with Crippen LogP contribution in [0.25, 0.3) is 0 Å². The van der Waals surface area contributed by atoms with E-state index in [4.69, 9.17) is 25.8 Å². The molecule has 0 heterocycles. The van der Waals surface area contributed by atoms with Gasteiger partial charge in [0.25, 0.3) is 0 Å². The van der Waals surface area contributed by atoms with Gasteiger partial charge < -0.3 is 19.5 Å². The van der Waals surface area contributed by atoms with Crippen LogP contribution < -0.4 is 19.5 Å². The monoisotopic (exact) mass is 479 g/mol. The Bertz CT molecular complexity index is 983. The summed E-state index contributed by atoms with van der Waals surface area (Å²) in [4.78, 5) is 0. The minimum Gasteiger partial charge on any atom is -0.497 e. The standard InChI is InChI=1S/C22H20BrClFNO3/c1-27-17-7-5-16(6-8-17)26-12-18-19(23)9-10-21(28-2)22(18)29-13-14-3-4-15(25)11-20(14)24/h3-11,26H,12-13H2,1-2H3. The molecule has 0 unspecified atom stereocenters. The summed E-state index contributed by atoms with van der Waals surface area (Å²) in [5.74, 6) is 1.59. The molecule has 7 heteroatoms. The van der Waals surface area contributed by atoms with Crippen molar-refractivity contribution in [3.63, 3.8) is 0 Å². The molecule has 0 radical (unpaired) electrons. The molecule has 3 aromatic rings. The van der Waals surface area contributed by atoms with E-state index < -0.39 is 0 Å². The van der Waals surface area contributed by atoms with E-state index in [1.807, 2.05) is 36.4 Å². The van der Waals surface area contributed by atoms with Crippen LogP contribution in [0.1, 0.15) is 11.1 Å². The van der Waals surface area contributed by atoms with E-state index in [1.54, 1.807) is 20.3 Å². The van der Waals surface area contributed by atoms with Gasteiger partial charge in [-0.25, -0.2) is 4.39 Å². The van der Waals surface area contributed by atoms with Crippen molar-refractivity contribution in [2.24, 2.45) is 0 Å². The number of benzene rings is 3. The van der Waals surface area contributed by atoms with Crippen molar-refractivity contribution in [3.8, 4) is 17.2 Å². The molecule has 4 nitrogen and oxygen atoms in total. The van der Waals surface area contributed by atoms with Gasteiger partial charge in [-0.15, -0.1) is 0 Å². The van der Waals surface area contributed by atoms with Gasteiger partial charge in [0.15, 0.2) is 11.5 Å². The van der Waals surface area contributed by atoms with Crippen molar-refractivity contribution in [2.75, 3.05) is 19.5 Å². The first-order valence-electron chi connectivity index (χ1n) is 8.82. The molecule has 0 bridgehead atoms. The van der Waals surface area contributed by atoms with E-state index in [2.05, 4.69) is 21.2 Å². The topological polar surface area (TPSA) is 39.7 Å². The van der Waals surface area contributed by atoms with Crippen LogP contribution >= 0.6 is 27.5 Å². The largest absolute Gasteiger partial charge is 0.497 e. The van der Waals surface area contributed by atoms with Gasteiger partial charge in [0.05, 0.1) is 19.2 Å². The highest BCUT2D eigenvalue weighted by Crippen LogP contribution is 2.37. The summed E-state index contributed by atoms with van der Waals surface area (Å²) < 4.78 is 30.9.